The number of ether oxygens (including phenoxy) is 2. The highest BCUT2D eigenvalue weighted by atomic mass is 32.2. The smallest absolute Gasteiger partial charge is 0.276 e. The highest BCUT2D eigenvalue weighted by Crippen LogP contribution is 2.37. The van der Waals surface area contributed by atoms with Gasteiger partial charge in [-0.25, -0.2) is 0 Å². The molecule has 1 fully saturated rings. The van der Waals surface area contributed by atoms with Crippen molar-refractivity contribution < 1.29 is 18.7 Å². The minimum Gasteiger partial charge on any atom is -0.493 e. The first-order valence-electron chi connectivity index (χ1n) is 7.41. The minimum absolute atomic E-state index is 0.148. The summed E-state index contributed by atoms with van der Waals surface area (Å²) in [6.45, 7) is 2.70. The molecule has 2 aromatic rings. The molecule has 1 aliphatic rings. The van der Waals surface area contributed by atoms with Gasteiger partial charge in [-0.1, -0.05) is 11.8 Å². The number of carbonyl (C=O) groups is 1. The van der Waals surface area contributed by atoms with E-state index in [1.165, 1.54) is 11.8 Å². The zero-order valence-electron chi connectivity index (χ0n) is 14.0. The SMILES string of the molecule is COc1ccc(-c2nnc(SCC3(C)CN(C)C3=O)o2)cc1OC. The first-order chi connectivity index (χ1) is 11.5. The molecule has 1 atom stereocenters. The van der Waals surface area contributed by atoms with Crippen LogP contribution in [0.25, 0.3) is 11.5 Å². The first kappa shape index (κ1) is 16.6. The molecule has 0 spiro atoms. The molecule has 0 N–H and O–H groups in total. The number of rotatable bonds is 6. The van der Waals surface area contributed by atoms with E-state index < -0.39 is 0 Å². The molecule has 1 amide bonds. The summed E-state index contributed by atoms with van der Waals surface area (Å²) < 4.78 is 16.2. The summed E-state index contributed by atoms with van der Waals surface area (Å²) in [6, 6.07) is 5.40. The Bertz CT molecular complexity index is 764. The van der Waals surface area contributed by atoms with Crippen molar-refractivity contribution in [3.8, 4) is 23.0 Å². The normalized spacial score (nSPS) is 20.0. The van der Waals surface area contributed by atoms with Gasteiger partial charge in [0.05, 0.1) is 19.6 Å². The lowest BCUT2D eigenvalue weighted by atomic mass is 9.83. The quantitative estimate of drug-likeness (QED) is 0.585. The second kappa shape index (κ2) is 6.35. The van der Waals surface area contributed by atoms with E-state index in [1.54, 1.807) is 38.3 Å². The van der Waals surface area contributed by atoms with Crippen LogP contribution in [-0.4, -0.2) is 54.6 Å². The number of β-lactam (4-membered cyclic amide) rings is 1. The Balaban J connectivity index is 1.71. The van der Waals surface area contributed by atoms with Crippen LogP contribution >= 0.6 is 11.8 Å². The molecular weight excluding hydrogens is 330 g/mol. The molecule has 1 unspecified atom stereocenters. The summed E-state index contributed by atoms with van der Waals surface area (Å²) in [5, 5.41) is 8.56. The summed E-state index contributed by atoms with van der Waals surface area (Å²) in [5.74, 6) is 2.40. The lowest BCUT2D eigenvalue weighted by Gasteiger charge is -2.44. The van der Waals surface area contributed by atoms with Crippen molar-refractivity contribution >= 4 is 17.7 Å². The van der Waals surface area contributed by atoms with Crippen molar-refractivity contribution in [2.24, 2.45) is 5.41 Å². The van der Waals surface area contributed by atoms with Gasteiger partial charge in [0, 0.05) is 24.9 Å². The van der Waals surface area contributed by atoms with Crippen molar-refractivity contribution in [3.63, 3.8) is 0 Å². The molecule has 0 saturated carbocycles. The Morgan fingerprint density at radius 1 is 1.29 bits per heavy atom. The molecule has 128 valence electrons. The molecule has 2 heterocycles. The van der Waals surface area contributed by atoms with E-state index in [9.17, 15) is 4.79 Å². The fourth-order valence-corrected chi connectivity index (χ4v) is 3.61. The topological polar surface area (TPSA) is 77.7 Å². The highest BCUT2D eigenvalue weighted by Gasteiger charge is 2.46. The van der Waals surface area contributed by atoms with E-state index in [-0.39, 0.29) is 11.3 Å². The number of nitrogens with zero attached hydrogens (tertiary/aromatic N) is 3. The van der Waals surface area contributed by atoms with Crippen LogP contribution in [-0.2, 0) is 4.79 Å². The van der Waals surface area contributed by atoms with Crippen LogP contribution in [0.5, 0.6) is 11.5 Å². The number of carbonyl (C=O) groups excluding carboxylic acids is 1. The van der Waals surface area contributed by atoms with Crippen molar-refractivity contribution in [1.29, 1.82) is 0 Å². The number of thioether (sulfide) groups is 1. The van der Waals surface area contributed by atoms with Crippen LogP contribution in [0.3, 0.4) is 0 Å². The predicted octanol–water partition coefficient (Wildman–Crippen LogP) is 2.32. The Hall–Kier alpha value is -2.22. The summed E-state index contributed by atoms with van der Waals surface area (Å²) in [6.07, 6.45) is 0. The van der Waals surface area contributed by atoms with Gasteiger partial charge in [-0.3, -0.25) is 4.79 Å². The largest absolute Gasteiger partial charge is 0.493 e. The van der Waals surface area contributed by atoms with Gasteiger partial charge in [0.2, 0.25) is 11.8 Å². The summed E-state index contributed by atoms with van der Waals surface area (Å²) >= 11 is 1.40. The standard InChI is InChI=1S/C16H19N3O4S/c1-16(8-19(2)14(16)20)9-24-15-18-17-13(23-15)10-5-6-11(21-3)12(7-10)22-4/h5-7H,8-9H2,1-4H3. The van der Waals surface area contributed by atoms with E-state index in [0.29, 0.717) is 28.4 Å². The number of amides is 1. The Morgan fingerprint density at radius 3 is 2.67 bits per heavy atom. The number of methoxy groups -OCH3 is 2. The molecule has 8 heteroatoms. The average Bonchev–Trinajstić information content (AvgIpc) is 3.08. The summed E-state index contributed by atoms with van der Waals surface area (Å²) in [5.41, 5.74) is 0.398. The van der Waals surface area contributed by atoms with Gasteiger partial charge < -0.3 is 18.8 Å². The van der Waals surface area contributed by atoms with E-state index in [4.69, 9.17) is 13.9 Å². The van der Waals surface area contributed by atoms with E-state index in [1.807, 2.05) is 13.0 Å². The number of likely N-dealkylation sites (tertiary alicyclic amines) is 1. The van der Waals surface area contributed by atoms with Crippen molar-refractivity contribution in [2.45, 2.75) is 12.1 Å². The lowest BCUT2D eigenvalue weighted by molar-refractivity contribution is -0.153. The van der Waals surface area contributed by atoms with Crippen LogP contribution < -0.4 is 9.47 Å². The third kappa shape index (κ3) is 2.93. The zero-order chi connectivity index (χ0) is 17.3. The average molecular weight is 349 g/mol. The van der Waals surface area contributed by atoms with Crippen LogP contribution in [0.2, 0.25) is 0 Å². The van der Waals surface area contributed by atoms with Gasteiger partial charge >= 0.3 is 0 Å². The maximum Gasteiger partial charge on any atom is 0.276 e. The Kier molecular flexibility index (Phi) is 4.40. The van der Waals surface area contributed by atoms with E-state index in [2.05, 4.69) is 10.2 Å². The minimum atomic E-state index is -0.350. The van der Waals surface area contributed by atoms with Gasteiger partial charge in [0.1, 0.15) is 0 Å². The molecule has 0 radical (unpaired) electrons. The fraction of sp³-hybridized carbons (Fsp3) is 0.438. The zero-order valence-corrected chi connectivity index (χ0v) is 14.8. The van der Waals surface area contributed by atoms with Crippen LogP contribution in [0.1, 0.15) is 6.92 Å². The first-order valence-corrected chi connectivity index (χ1v) is 8.39. The van der Waals surface area contributed by atoms with Gasteiger partial charge in [-0.2, -0.15) is 0 Å². The molecule has 24 heavy (non-hydrogen) atoms. The van der Waals surface area contributed by atoms with Gasteiger partial charge in [0.15, 0.2) is 11.5 Å². The summed E-state index contributed by atoms with van der Waals surface area (Å²) in [7, 11) is 4.96. The molecular formula is C16H19N3O4S. The fourth-order valence-electron chi connectivity index (χ4n) is 2.71. The van der Waals surface area contributed by atoms with Gasteiger partial charge in [0.25, 0.3) is 5.22 Å². The van der Waals surface area contributed by atoms with E-state index in [0.717, 1.165) is 12.1 Å². The molecule has 1 aliphatic heterocycles. The van der Waals surface area contributed by atoms with Gasteiger partial charge in [-0.05, 0) is 25.1 Å². The maximum absolute atomic E-state index is 11.9. The van der Waals surface area contributed by atoms with Gasteiger partial charge in [-0.15, -0.1) is 10.2 Å². The number of aromatic nitrogens is 2. The second-order valence-electron chi connectivity index (χ2n) is 5.95. The van der Waals surface area contributed by atoms with Crippen molar-refractivity contribution in [1.82, 2.24) is 15.1 Å². The van der Waals surface area contributed by atoms with E-state index >= 15 is 0 Å². The van der Waals surface area contributed by atoms with Crippen molar-refractivity contribution in [2.75, 3.05) is 33.6 Å². The van der Waals surface area contributed by atoms with Crippen LogP contribution in [0, 0.1) is 5.41 Å². The molecule has 1 aromatic heterocycles. The molecule has 1 saturated heterocycles. The maximum atomic E-state index is 11.9. The monoisotopic (exact) mass is 349 g/mol. The summed E-state index contributed by atoms with van der Waals surface area (Å²) in [4.78, 5) is 13.6. The van der Waals surface area contributed by atoms with Crippen LogP contribution in [0.15, 0.2) is 27.8 Å². The molecule has 0 bridgehead atoms. The number of hydrogen-bond acceptors (Lipinski definition) is 7. The third-order valence-corrected chi connectivity index (χ3v) is 5.19. The highest BCUT2D eigenvalue weighted by molar-refractivity contribution is 7.99. The second-order valence-corrected chi connectivity index (χ2v) is 6.88. The number of benzene rings is 1. The molecule has 1 aromatic carbocycles. The Labute approximate surface area is 144 Å². The molecule has 7 nitrogen and oxygen atoms in total. The molecule has 3 rings (SSSR count). The Morgan fingerprint density at radius 2 is 2.04 bits per heavy atom. The predicted molar refractivity (Wildman–Crippen MR) is 89.3 cm³/mol. The molecule has 0 aliphatic carbocycles. The lowest BCUT2D eigenvalue weighted by Crippen LogP contribution is -2.59. The van der Waals surface area contributed by atoms with Crippen LogP contribution in [0.4, 0.5) is 0 Å². The third-order valence-electron chi connectivity index (χ3n) is 4.00. The van der Waals surface area contributed by atoms with Crippen molar-refractivity contribution in [3.05, 3.63) is 18.2 Å². The number of hydrogen-bond donors (Lipinski definition) is 0.